The van der Waals surface area contributed by atoms with Crippen LogP contribution in [0.4, 0.5) is 5.69 Å². The van der Waals surface area contributed by atoms with Crippen LogP contribution in [0.3, 0.4) is 0 Å². The molecule has 0 saturated carbocycles. The van der Waals surface area contributed by atoms with Gasteiger partial charge in [0.2, 0.25) is 0 Å². The van der Waals surface area contributed by atoms with Gasteiger partial charge in [0.25, 0.3) is 0 Å². The van der Waals surface area contributed by atoms with E-state index in [0.29, 0.717) is 11.3 Å². The highest BCUT2D eigenvalue weighted by molar-refractivity contribution is 5.74. The van der Waals surface area contributed by atoms with Gasteiger partial charge < -0.3 is 15.9 Å². The average molecular weight is 167 g/mol. The SMILES string of the molecule is Nc1ccc([C@@H](O)C(=O)O)cc1. The number of carboxylic acids is 1. The quantitative estimate of drug-likeness (QED) is 0.556. The zero-order chi connectivity index (χ0) is 9.14. The number of carbonyl (C=O) groups is 1. The van der Waals surface area contributed by atoms with Gasteiger partial charge in [-0.15, -0.1) is 0 Å². The third-order valence-corrected chi connectivity index (χ3v) is 1.49. The second-order valence-corrected chi connectivity index (χ2v) is 2.41. The van der Waals surface area contributed by atoms with Gasteiger partial charge in [-0.25, -0.2) is 4.79 Å². The predicted molar refractivity (Wildman–Crippen MR) is 43.5 cm³/mol. The largest absolute Gasteiger partial charge is 0.479 e. The lowest BCUT2D eigenvalue weighted by Gasteiger charge is -2.04. The number of aliphatic hydroxyl groups excluding tert-OH is 1. The maximum absolute atomic E-state index is 10.3. The van der Waals surface area contributed by atoms with Crippen LogP contribution in [0, 0.1) is 0 Å². The van der Waals surface area contributed by atoms with E-state index in [0.717, 1.165) is 0 Å². The summed E-state index contributed by atoms with van der Waals surface area (Å²) in [6, 6.07) is 6.05. The maximum atomic E-state index is 10.3. The Morgan fingerprint density at radius 1 is 1.33 bits per heavy atom. The van der Waals surface area contributed by atoms with Gasteiger partial charge in [0.1, 0.15) is 0 Å². The second-order valence-electron chi connectivity index (χ2n) is 2.41. The number of aliphatic hydroxyl groups is 1. The van der Waals surface area contributed by atoms with Crippen LogP contribution in [0.2, 0.25) is 0 Å². The van der Waals surface area contributed by atoms with E-state index < -0.39 is 12.1 Å². The number of aliphatic carboxylic acids is 1. The van der Waals surface area contributed by atoms with Gasteiger partial charge in [-0.1, -0.05) is 12.1 Å². The summed E-state index contributed by atoms with van der Waals surface area (Å²) in [5, 5.41) is 17.5. The second kappa shape index (κ2) is 3.23. The fourth-order valence-corrected chi connectivity index (χ4v) is 0.821. The fraction of sp³-hybridized carbons (Fsp3) is 0.125. The van der Waals surface area contributed by atoms with Crippen molar-refractivity contribution in [3.8, 4) is 0 Å². The summed E-state index contributed by atoms with van der Waals surface area (Å²) < 4.78 is 0. The van der Waals surface area contributed by atoms with Gasteiger partial charge in [-0.2, -0.15) is 0 Å². The van der Waals surface area contributed by atoms with E-state index in [4.69, 9.17) is 15.9 Å². The number of hydrogen-bond donors (Lipinski definition) is 3. The Morgan fingerprint density at radius 2 is 1.83 bits per heavy atom. The smallest absolute Gasteiger partial charge is 0.337 e. The van der Waals surface area contributed by atoms with Crippen LogP contribution >= 0.6 is 0 Å². The zero-order valence-electron chi connectivity index (χ0n) is 6.27. The first kappa shape index (κ1) is 8.55. The number of anilines is 1. The molecule has 4 nitrogen and oxygen atoms in total. The summed E-state index contributed by atoms with van der Waals surface area (Å²) >= 11 is 0. The van der Waals surface area contributed by atoms with Crippen LogP contribution in [-0.2, 0) is 4.79 Å². The summed E-state index contributed by atoms with van der Waals surface area (Å²) in [4.78, 5) is 10.3. The average Bonchev–Trinajstić information content (AvgIpc) is 2.04. The van der Waals surface area contributed by atoms with E-state index in [1.807, 2.05) is 0 Å². The number of benzene rings is 1. The van der Waals surface area contributed by atoms with Gasteiger partial charge in [0.15, 0.2) is 6.10 Å². The van der Waals surface area contributed by atoms with E-state index in [9.17, 15) is 4.79 Å². The lowest BCUT2D eigenvalue weighted by Crippen LogP contribution is -2.10. The molecule has 0 unspecified atom stereocenters. The summed E-state index contributed by atoms with van der Waals surface area (Å²) in [5.41, 5.74) is 6.24. The molecule has 64 valence electrons. The number of nitrogen functional groups attached to an aromatic ring is 1. The van der Waals surface area contributed by atoms with E-state index in [1.54, 1.807) is 12.1 Å². The highest BCUT2D eigenvalue weighted by Crippen LogP contribution is 2.14. The molecule has 4 heteroatoms. The van der Waals surface area contributed by atoms with Crippen LogP contribution < -0.4 is 5.73 Å². The first-order chi connectivity index (χ1) is 5.61. The van der Waals surface area contributed by atoms with E-state index in [2.05, 4.69) is 0 Å². The van der Waals surface area contributed by atoms with Gasteiger partial charge in [-0.05, 0) is 17.7 Å². The Morgan fingerprint density at radius 3 is 2.25 bits per heavy atom. The molecule has 1 aromatic rings. The van der Waals surface area contributed by atoms with Crippen LogP contribution in [-0.4, -0.2) is 16.2 Å². The molecule has 1 atom stereocenters. The molecule has 0 aromatic heterocycles. The molecule has 0 aliphatic heterocycles. The van der Waals surface area contributed by atoms with Crippen molar-refractivity contribution in [2.24, 2.45) is 0 Å². The fourth-order valence-electron chi connectivity index (χ4n) is 0.821. The lowest BCUT2D eigenvalue weighted by atomic mass is 10.1. The minimum absolute atomic E-state index is 0.330. The van der Waals surface area contributed by atoms with E-state index >= 15 is 0 Å². The van der Waals surface area contributed by atoms with Crippen molar-refractivity contribution >= 4 is 11.7 Å². The first-order valence-corrected chi connectivity index (χ1v) is 3.37. The molecule has 0 saturated heterocycles. The number of carboxylic acid groups (broad SMARTS) is 1. The Kier molecular flexibility index (Phi) is 2.30. The van der Waals surface area contributed by atoms with Crippen molar-refractivity contribution in [3.63, 3.8) is 0 Å². The summed E-state index contributed by atoms with van der Waals surface area (Å²) in [7, 11) is 0. The molecular formula is C8H9NO3. The van der Waals surface area contributed by atoms with Gasteiger partial charge in [-0.3, -0.25) is 0 Å². The molecule has 0 heterocycles. The minimum Gasteiger partial charge on any atom is -0.479 e. The maximum Gasteiger partial charge on any atom is 0.337 e. The summed E-state index contributed by atoms with van der Waals surface area (Å²) in [6.45, 7) is 0. The molecular weight excluding hydrogens is 158 g/mol. The van der Waals surface area contributed by atoms with Crippen molar-refractivity contribution < 1.29 is 15.0 Å². The highest BCUT2D eigenvalue weighted by atomic mass is 16.4. The molecule has 0 aliphatic carbocycles. The molecule has 0 fully saturated rings. The van der Waals surface area contributed by atoms with E-state index in [-0.39, 0.29) is 0 Å². The van der Waals surface area contributed by atoms with Crippen molar-refractivity contribution in [3.05, 3.63) is 29.8 Å². The molecule has 0 bridgehead atoms. The molecule has 1 rings (SSSR count). The molecule has 0 radical (unpaired) electrons. The van der Waals surface area contributed by atoms with Crippen molar-refractivity contribution in [2.45, 2.75) is 6.10 Å². The predicted octanol–water partition coefficient (Wildman–Crippen LogP) is 0.387. The van der Waals surface area contributed by atoms with Gasteiger partial charge >= 0.3 is 5.97 Å². The van der Waals surface area contributed by atoms with Crippen LogP contribution in [0.25, 0.3) is 0 Å². The number of hydrogen-bond acceptors (Lipinski definition) is 3. The van der Waals surface area contributed by atoms with Gasteiger partial charge in [0, 0.05) is 5.69 Å². The monoisotopic (exact) mass is 167 g/mol. The molecule has 0 aliphatic rings. The zero-order valence-corrected chi connectivity index (χ0v) is 6.27. The number of nitrogens with two attached hydrogens (primary N) is 1. The van der Waals surface area contributed by atoms with Crippen LogP contribution in [0.15, 0.2) is 24.3 Å². The van der Waals surface area contributed by atoms with Crippen LogP contribution in [0.1, 0.15) is 11.7 Å². The van der Waals surface area contributed by atoms with Crippen molar-refractivity contribution in [1.82, 2.24) is 0 Å². The Labute approximate surface area is 69.3 Å². The Hall–Kier alpha value is -1.55. The van der Waals surface area contributed by atoms with Crippen molar-refractivity contribution in [2.75, 3.05) is 5.73 Å². The first-order valence-electron chi connectivity index (χ1n) is 3.37. The van der Waals surface area contributed by atoms with Gasteiger partial charge in [0.05, 0.1) is 0 Å². The Bertz CT molecular complexity index is 281. The summed E-state index contributed by atoms with van der Waals surface area (Å²) in [6.07, 6.45) is -1.47. The summed E-state index contributed by atoms with van der Waals surface area (Å²) in [5.74, 6) is -1.26. The molecule has 12 heavy (non-hydrogen) atoms. The molecule has 0 amide bonds. The highest BCUT2D eigenvalue weighted by Gasteiger charge is 2.14. The number of rotatable bonds is 2. The normalized spacial score (nSPS) is 12.4. The standard InChI is InChI=1S/C8H9NO3/c9-6-3-1-5(2-4-6)7(10)8(11)12/h1-4,7,10H,9H2,(H,11,12)/t7-/m1/s1. The molecule has 1 aromatic carbocycles. The third kappa shape index (κ3) is 1.73. The van der Waals surface area contributed by atoms with E-state index in [1.165, 1.54) is 12.1 Å². The molecule has 4 N–H and O–H groups in total. The van der Waals surface area contributed by atoms with Crippen molar-refractivity contribution in [1.29, 1.82) is 0 Å². The Balaban J connectivity index is 2.89. The molecule has 0 spiro atoms. The topological polar surface area (TPSA) is 83.5 Å². The lowest BCUT2D eigenvalue weighted by molar-refractivity contribution is -0.146. The van der Waals surface area contributed by atoms with Crippen LogP contribution in [0.5, 0.6) is 0 Å². The minimum atomic E-state index is -1.47. The third-order valence-electron chi connectivity index (χ3n) is 1.49.